The number of rotatable bonds is 3. The maximum atomic E-state index is 11.2. The summed E-state index contributed by atoms with van der Waals surface area (Å²) in [6.45, 7) is 4.79. The van der Waals surface area contributed by atoms with Crippen LogP contribution in [0.25, 0.3) is 0 Å². The first-order chi connectivity index (χ1) is 9.94. The van der Waals surface area contributed by atoms with E-state index in [0.717, 1.165) is 17.7 Å². The van der Waals surface area contributed by atoms with E-state index < -0.39 is 5.79 Å². The molecule has 1 aromatic heterocycles. The van der Waals surface area contributed by atoms with Gasteiger partial charge in [-0.25, -0.2) is 0 Å². The Bertz CT molecular complexity index is 580. The number of hydrogen-bond acceptors (Lipinski definition) is 5. The van der Waals surface area contributed by atoms with Crippen LogP contribution in [0.2, 0.25) is 0 Å². The number of ether oxygens (including phenoxy) is 3. The number of aromatic nitrogens is 2. The molecule has 0 radical (unpaired) electrons. The fourth-order valence-corrected chi connectivity index (χ4v) is 3.19. The number of esters is 1. The summed E-state index contributed by atoms with van der Waals surface area (Å²) in [5, 5.41) is 4.64. The zero-order valence-electron chi connectivity index (χ0n) is 12.6. The molecule has 0 aromatic carbocycles. The van der Waals surface area contributed by atoms with Crippen molar-refractivity contribution in [2.75, 3.05) is 7.11 Å². The second-order valence-corrected chi connectivity index (χ2v) is 6.25. The molecule has 6 nitrogen and oxygen atoms in total. The molecule has 6 heteroatoms. The molecule has 0 unspecified atom stereocenters. The number of methoxy groups -OCH3 is 1. The Kier molecular flexibility index (Phi) is 3.19. The van der Waals surface area contributed by atoms with Crippen molar-refractivity contribution in [3.63, 3.8) is 0 Å². The van der Waals surface area contributed by atoms with Gasteiger partial charge in [-0.05, 0) is 0 Å². The van der Waals surface area contributed by atoms with E-state index in [2.05, 4.69) is 23.7 Å². The Labute approximate surface area is 123 Å². The summed E-state index contributed by atoms with van der Waals surface area (Å²) in [5.74, 6) is -0.835. The van der Waals surface area contributed by atoms with E-state index in [4.69, 9.17) is 9.47 Å². The molecule has 0 saturated heterocycles. The average Bonchev–Trinajstić information content (AvgIpc) is 3.03. The molecular formula is C15H20N2O4. The lowest BCUT2D eigenvalue weighted by atomic mass is 9.74. The van der Waals surface area contributed by atoms with Crippen LogP contribution in [-0.4, -0.2) is 28.6 Å². The minimum absolute atomic E-state index is 0.143. The van der Waals surface area contributed by atoms with Gasteiger partial charge < -0.3 is 14.2 Å². The van der Waals surface area contributed by atoms with Crippen LogP contribution in [0.3, 0.4) is 0 Å². The molecule has 3 rings (SSSR count). The van der Waals surface area contributed by atoms with Gasteiger partial charge in [-0.3, -0.25) is 9.48 Å². The molecule has 0 fully saturated rings. The van der Waals surface area contributed by atoms with E-state index in [9.17, 15) is 4.79 Å². The standard InChI is InChI=1S/C15H20N2O4/c1-14(2)10-15(20-6-7-21-15)8-11-9-17(16-13(11)14)5-4-12(18)19-3/h6-7,9H,4-5,8,10H2,1-3H3. The maximum Gasteiger partial charge on any atom is 0.307 e. The molecule has 0 atom stereocenters. The van der Waals surface area contributed by atoms with Crippen molar-refractivity contribution in [3.8, 4) is 0 Å². The topological polar surface area (TPSA) is 62.6 Å². The Morgan fingerprint density at radius 2 is 2.14 bits per heavy atom. The first kappa shape index (κ1) is 14.0. The van der Waals surface area contributed by atoms with Crippen molar-refractivity contribution in [2.45, 2.75) is 50.9 Å². The molecule has 2 aliphatic rings. The highest BCUT2D eigenvalue weighted by molar-refractivity contribution is 5.68. The van der Waals surface area contributed by atoms with Gasteiger partial charge in [-0.1, -0.05) is 13.8 Å². The van der Waals surface area contributed by atoms with Gasteiger partial charge in [0.2, 0.25) is 0 Å². The van der Waals surface area contributed by atoms with Crippen molar-refractivity contribution >= 4 is 5.97 Å². The molecule has 0 amide bonds. The number of nitrogens with zero attached hydrogens (tertiary/aromatic N) is 2. The lowest BCUT2D eigenvalue weighted by Gasteiger charge is -2.39. The number of carbonyl (C=O) groups is 1. The quantitative estimate of drug-likeness (QED) is 0.796. The zero-order chi connectivity index (χ0) is 15.1. The molecule has 21 heavy (non-hydrogen) atoms. The summed E-state index contributed by atoms with van der Waals surface area (Å²) >= 11 is 0. The Morgan fingerprint density at radius 3 is 2.81 bits per heavy atom. The third-order valence-electron chi connectivity index (χ3n) is 4.04. The van der Waals surface area contributed by atoms with E-state index in [-0.39, 0.29) is 11.4 Å². The molecule has 0 bridgehead atoms. The summed E-state index contributed by atoms with van der Waals surface area (Å²) in [4.78, 5) is 11.2. The first-order valence-corrected chi connectivity index (χ1v) is 7.08. The maximum absolute atomic E-state index is 11.2. The van der Waals surface area contributed by atoms with E-state index in [1.807, 2.05) is 10.9 Å². The van der Waals surface area contributed by atoms with Gasteiger partial charge in [-0.2, -0.15) is 5.10 Å². The van der Waals surface area contributed by atoms with Crippen molar-refractivity contribution < 1.29 is 19.0 Å². The van der Waals surface area contributed by atoms with Crippen LogP contribution < -0.4 is 0 Å². The average molecular weight is 292 g/mol. The largest absolute Gasteiger partial charge is 0.469 e. The van der Waals surface area contributed by atoms with Gasteiger partial charge in [0.05, 0.1) is 32.2 Å². The molecule has 1 aromatic rings. The lowest BCUT2D eigenvalue weighted by Crippen LogP contribution is -2.44. The second-order valence-electron chi connectivity index (χ2n) is 6.25. The molecule has 0 N–H and O–H groups in total. The van der Waals surface area contributed by atoms with Crippen molar-refractivity contribution in [1.29, 1.82) is 0 Å². The SMILES string of the molecule is COC(=O)CCn1cc2c(n1)C(C)(C)CC1(C2)OC=CO1. The van der Waals surface area contributed by atoms with E-state index in [0.29, 0.717) is 19.4 Å². The highest BCUT2D eigenvalue weighted by Crippen LogP contribution is 2.44. The molecular weight excluding hydrogens is 272 g/mol. The fraction of sp³-hybridized carbons (Fsp3) is 0.600. The highest BCUT2D eigenvalue weighted by Gasteiger charge is 2.49. The Morgan fingerprint density at radius 1 is 1.43 bits per heavy atom. The summed E-state index contributed by atoms with van der Waals surface area (Å²) in [6, 6.07) is 0. The first-order valence-electron chi connectivity index (χ1n) is 7.08. The van der Waals surface area contributed by atoms with Crippen LogP contribution in [0.1, 0.15) is 37.9 Å². The normalized spacial score (nSPS) is 20.7. The van der Waals surface area contributed by atoms with Crippen LogP contribution >= 0.6 is 0 Å². The molecule has 1 aliphatic heterocycles. The third-order valence-corrected chi connectivity index (χ3v) is 4.04. The minimum atomic E-state index is -0.604. The van der Waals surface area contributed by atoms with E-state index in [1.165, 1.54) is 7.11 Å². The summed E-state index contributed by atoms with van der Waals surface area (Å²) in [7, 11) is 1.39. The second kappa shape index (κ2) is 4.79. The lowest BCUT2D eigenvalue weighted by molar-refractivity contribution is -0.160. The van der Waals surface area contributed by atoms with Crippen molar-refractivity contribution in [3.05, 3.63) is 30.0 Å². The Balaban J connectivity index is 1.82. The van der Waals surface area contributed by atoms with Crippen LogP contribution in [0, 0.1) is 0 Å². The van der Waals surface area contributed by atoms with Crippen molar-refractivity contribution in [2.24, 2.45) is 0 Å². The van der Waals surface area contributed by atoms with Crippen LogP contribution in [0.15, 0.2) is 18.7 Å². The molecule has 0 saturated carbocycles. The zero-order valence-corrected chi connectivity index (χ0v) is 12.6. The Hall–Kier alpha value is -1.98. The van der Waals surface area contributed by atoms with Gasteiger partial charge in [0, 0.05) is 23.6 Å². The predicted octanol–water partition coefficient (Wildman–Crippen LogP) is 1.88. The summed E-state index contributed by atoms with van der Waals surface area (Å²) < 4.78 is 17.8. The molecule has 114 valence electrons. The van der Waals surface area contributed by atoms with Gasteiger partial charge in [0.15, 0.2) is 0 Å². The summed E-state index contributed by atoms with van der Waals surface area (Å²) in [5.41, 5.74) is 2.02. The van der Waals surface area contributed by atoms with E-state index >= 15 is 0 Å². The number of aryl methyl sites for hydroxylation is 1. The number of carbonyl (C=O) groups excluding carboxylic acids is 1. The predicted molar refractivity (Wildman–Crippen MR) is 74.2 cm³/mol. The van der Waals surface area contributed by atoms with Crippen LogP contribution in [0.4, 0.5) is 0 Å². The monoisotopic (exact) mass is 292 g/mol. The fourth-order valence-electron chi connectivity index (χ4n) is 3.19. The van der Waals surface area contributed by atoms with E-state index in [1.54, 1.807) is 12.5 Å². The van der Waals surface area contributed by atoms with Gasteiger partial charge in [-0.15, -0.1) is 0 Å². The molecule has 1 spiro atoms. The smallest absolute Gasteiger partial charge is 0.307 e. The highest BCUT2D eigenvalue weighted by atomic mass is 16.7. The van der Waals surface area contributed by atoms with Crippen molar-refractivity contribution in [1.82, 2.24) is 9.78 Å². The van der Waals surface area contributed by atoms with Gasteiger partial charge >= 0.3 is 5.97 Å². The number of fused-ring (bicyclic) bond motifs is 1. The van der Waals surface area contributed by atoms with Crippen LogP contribution in [0.5, 0.6) is 0 Å². The van der Waals surface area contributed by atoms with Gasteiger partial charge in [0.1, 0.15) is 12.5 Å². The number of hydrogen-bond donors (Lipinski definition) is 0. The molecule has 1 aliphatic carbocycles. The van der Waals surface area contributed by atoms with Gasteiger partial charge in [0.25, 0.3) is 5.79 Å². The minimum Gasteiger partial charge on any atom is -0.469 e. The summed E-state index contributed by atoms with van der Waals surface area (Å²) in [6.07, 6.45) is 6.90. The third kappa shape index (κ3) is 2.50. The van der Waals surface area contributed by atoms with Crippen LogP contribution in [-0.2, 0) is 37.4 Å². The molecule has 2 heterocycles.